The van der Waals surface area contributed by atoms with E-state index in [1.54, 1.807) is 10.7 Å². The van der Waals surface area contributed by atoms with Crippen LogP contribution in [0.4, 0.5) is 0 Å². The molecule has 1 aliphatic heterocycles. The molecule has 2 atom stereocenters. The maximum absolute atomic E-state index is 14.0. The summed E-state index contributed by atoms with van der Waals surface area (Å²) in [7, 11) is 0. The van der Waals surface area contributed by atoms with Gasteiger partial charge in [-0.2, -0.15) is 5.26 Å². The number of hydrogen-bond donors (Lipinski definition) is 0. The van der Waals surface area contributed by atoms with Crippen LogP contribution in [0, 0.1) is 11.5 Å². The highest BCUT2D eigenvalue weighted by molar-refractivity contribution is 5.88. The molecule has 0 bridgehead atoms. The molecule has 0 amide bonds. The van der Waals surface area contributed by atoms with Crippen molar-refractivity contribution in [3.63, 3.8) is 0 Å². The van der Waals surface area contributed by atoms with Crippen LogP contribution in [0.25, 0.3) is 39.2 Å². The minimum absolute atomic E-state index is 0.0840. The Labute approximate surface area is 188 Å². The molecular formula is C24H19N7O2. The molecule has 0 aliphatic carbocycles. The molecule has 0 N–H and O–H groups in total. The molecule has 6 rings (SSSR count). The summed E-state index contributed by atoms with van der Waals surface area (Å²) in [5.41, 5.74) is 3.95. The summed E-state index contributed by atoms with van der Waals surface area (Å²) in [5, 5.41) is 17.9. The molecule has 1 fully saturated rings. The lowest BCUT2D eigenvalue weighted by atomic mass is 10.1. The van der Waals surface area contributed by atoms with Crippen molar-refractivity contribution in [1.82, 2.24) is 28.9 Å². The van der Waals surface area contributed by atoms with Gasteiger partial charge in [-0.15, -0.1) is 9.78 Å². The highest BCUT2D eigenvalue weighted by Crippen LogP contribution is 2.33. The van der Waals surface area contributed by atoms with Crippen molar-refractivity contribution in [1.29, 1.82) is 5.26 Å². The van der Waals surface area contributed by atoms with Gasteiger partial charge in [0.1, 0.15) is 28.9 Å². The van der Waals surface area contributed by atoms with Gasteiger partial charge in [0.25, 0.3) is 5.56 Å². The lowest BCUT2D eigenvalue weighted by molar-refractivity contribution is 0.108. The van der Waals surface area contributed by atoms with Crippen LogP contribution in [0.15, 0.2) is 65.7 Å². The smallest absolute Gasteiger partial charge is 0.278 e. The molecule has 4 heterocycles. The number of rotatable bonds is 3. The summed E-state index contributed by atoms with van der Waals surface area (Å²) in [6.45, 7) is 2.60. The SMILES string of the molecule is CC1OCCC1n1c(=O)c2c(-c3nnn(C#N)c3-c3ccccc3)ncn2c2ccccc21. The molecule has 162 valence electrons. The molecular weight excluding hydrogens is 418 g/mol. The minimum Gasteiger partial charge on any atom is -0.376 e. The number of nitrogens with zero attached hydrogens (tertiary/aromatic N) is 7. The zero-order chi connectivity index (χ0) is 22.5. The van der Waals surface area contributed by atoms with E-state index in [2.05, 4.69) is 15.3 Å². The third-order valence-corrected chi connectivity index (χ3v) is 6.29. The number of para-hydroxylation sites is 2. The number of ether oxygens (including phenoxy) is 1. The summed E-state index contributed by atoms with van der Waals surface area (Å²) in [6.07, 6.45) is 4.34. The maximum atomic E-state index is 14.0. The summed E-state index contributed by atoms with van der Waals surface area (Å²) < 4.78 is 10.6. The summed E-state index contributed by atoms with van der Waals surface area (Å²) >= 11 is 0. The van der Waals surface area contributed by atoms with Gasteiger partial charge >= 0.3 is 0 Å². The topological polar surface area (TPSA) is 103 Å². The van der Waals surface area contributed by atoms with E-state index in [4.69, 9.17) is 4.74 Å². The van der Waals surface area contributed by atoms with E-state index in [1.165, 1.54) is 0 Å². The number of benzene rings is 2. The Morgan fingerprint density at radius 1 is 1.06 bits per heavy atom. The van der Waals surface area contributed by atoms with Crippen molar-refractivity contribution in [3.05, 3.63) is 71.3 Å². The van der Waals surface area contributed by atoms with Crippen molar-refractivity contribution >= 4 is 16.6 Å². The first kappa shape index (κ1) is 19.4. The highest BCUT2D eigenvalue weighted by atomic mass is 16.5. The second-order valence-corrected chi connectivity index (χ2v) is 8.07. The first-order valence-corrected chi connectivity index (χ1v) is 10.7. The number of imidazole rings is 1. The van der Waals surface area contributed by atoms with Crippen LogP contribution < -0.4 is 5.56 Å². The zero-order valence-corrected chi connectivity index (χ0v) is 17.8. The van der Waals surface area contributed by atoms with Gasteiger partial charge in [-0.1, -0.05) is 47.7 Å². The maximum Gasteiger partial charge on any atom is 0.278 e. The van der Waals surface area contributed by atoms with Crippen LogP contribution in [0.3, 0.4) is 0 Å². The van der Waals surface area contributed by atoms with Crippen LogP contribution in [0.1, 0.15) is 19.4 Å². The van der Waals surface area contributed by atoms with E-state index in [9.17, 15) is 10.1 Å². The lowest BCUT2D eigenvalue weighted by Gasteiger charge is -2.21. The predicted molar refractivity (Wildman–Crippen MR) is 121 cm³/mol. The van der Waals surface area contributed by atoms with E-state index in [-0.39, 0.29) is 17.7 Å². The third-order valence-electron chi connectivity index (χ3n) is 6.29. The predicted octanol–water partition coefficient (Wildman–Crippen LogP) is 3.25. The Morgan fingerprint density at radius 3 is 2.55 bits per heavy atom. The van der Waals surface area contributed by atoms with Gasteiger partial charge in [-0.25, -0.2) is 4.98 Å². The van der Waals surface area contributed by atoms with E-state index in [0.29, 0.717) is 29.2 Å². The summed E-state index contributed by atoms with van der Waals surface area (Å²) in [5.74, 6) is 0. The molecule has 9 nitrogen and oxygen atoms in total. The van der Waals surface area contributed by atoms with Crippen molar-refractivity contribution in [2.75, 3.05) is 6.61 Å². The quantitative estimate of drug-likeness (QED) is 0.429. The number of nitriles is 1. The first-order valence-electron chi connectivity index (χ1n) is 10.7. The Balaban J connectivity index is 1.70. The van der Waals surface area contributed by atoms with Gasteiger partial charge < -0.3 is 4.74 Å². The van der Waals surface area contributed by atoms with E-state index < -0.39 is 0 Å². The van der Waals surface area contributed by atoms with Gasteiger partial charge in [0, 0.05) is 12.2 Å². The average Bonchev–Trinajstić information content (AvgIpc) is 3.58. The Kier molecular flexibility index (Phi) is 4.35. The minimum atomic E-state index is -0.172. The number of aromatic nitrogens is 6. The highest BCUT2D eigenvalue weighted by Gasteiger charge is 2.31. The summed E-state index contributed by atoms with van der Waals surface area (Å²) in [4.78, 5) is 18.6. The van der Waals surface area contributed by atoms with Crippen molar-refractivity contribution < 1.29 is 4.74 Å². The molecule has 0 spiro atoms. The van der Waals surface area contributed by atoms with Crippen LogP contribution in [-0.4, -0.2) is 41.7 Å². The molecule has 2 unspecified atom stereocenters. The fourth-order valence-electron chi connectivity index (χ4n) is 4.76. The Bertz CT molecular complexity index is 1610. The largest absolute Gasteiger partial charge is 0.376 e. The van der Waals surface area contributed by atoms with Gasteiger partial charge in [0.15, 0.2) is 0 Å². The van der Waals surface area contributed by atoms with E-state index >= 15 is 0 Å². The number of fused-ring (bicyclic) bond motifs is 3. The normalized spacial score (nSPS) is 18.2. The molecule has 1 aliphatic rings. The molecule has 0 saturated carbocycles. The lowest BCUT2D eigenvalue weighted by Crippen LogP contribution is -2.30. The monoisotopic (exact) mass is 437 g/mol. The fraction of sp³-hybridized carbons (Fsp3) is 0.208. The Morgan fingerprint density at radius 2 is 1.82 bits per heavy atom. The van der Waals surface area contributed by atoms with Gasteiger partial charge in [0.05, 0.1) is 23.2 Å². The van der Waals surface area contributed by atoms with Gasteiger partial charge in [0.2, 0.25) is 6.19 Å². The van der Waals surface area contributed by atoms with E-state index in [1.807, 2.05) is 72.3 Å². The molecule has 33 heavy (non-hydrogen) atoms. The molecule has 1 saturated heterocycles. The first-order chi connectivity index (χ1) is 16.2. The number of hydrogen-bond acceptors (Lipinski definition) is 6. The fourth-order valence-corrected chi connectivity index (χ4v) is 4.76. The second-order valence-electron chi connectivity index (χ2n) is 8.07. The van der Waals surface area contributed by atoms with Crippen LogP contribution in [0.2, 0.25) is 0 Å². The molecule has 2 aromatic carbocycles. The molecule has 9 heteroatoms. The van der Waals surface area contributed by atoms with Crippen LogP contribution in [0.5, 0.6) is 0 Å². The van der Waals surface area contributed by atoms with E-state index in [0.717, 1.165) is 27.7 Å². The molecule has 0 radical (unpaired) electrons. The van der Waals surface area contributed by atoms with Gasteiger partial charge in [-0.05, 0) is 25.5 Å². The van der Waals surface area contributed by atoms with Crippen molar-refractivity contribution in [2.24, 2.45) is 0 Å². The van der Waals surface area contributed by atoms with Crippen LogP contribution >= 0.6 is 0 Å². The Hall–Kier alpha value is -4.29. The van der Waals surface area contributed by atoms with Crippen molar-refractivity contribution in [2.45, 2.75) is 25.5 Å². The van der Waals surface area contributed by atoms with Gasteiger partial charge in [-0.3, -0.25) is 13.8 Å². The molecule has 3 aromatic heterocycles. The standard InChI is InChI=1S/C24H19N7O2/c1-15-17(11-12-33-15)31-19-10-6-5-9-18(19)29-14-26-20(23(29)24(31)32)21-22(30(13-25)28-27-21)16-7-3-2-4-8-16/h2-10,14-15,17H,11-12H2,1H3. The van der Waals surface area contributed by atoms with Crippen molar-refractivity contribution in [3.8, 4) is 28.8 Å². The average molecular weight is 437 g/mol. The third kappa shape index (κ3) is 2.81. The van der Waals surface area contributed by atoms with Crippen LogP contribution in [-0.2, 0) is 4.74 Å². The molecule has 5 aromatic rings. The second kappa shape index (κ2) is 7.39. The summed E-state index contributed by atoms with van der Waals surface area (Å²) in [6, 6.07) is 17.1. The zero-order valence-electron chi connectivity index (χ0n) is 17.8.